The van der Waals surface area contributed by atoms with Crippen molar-refractivity contribution in [2.24, 2.45) is 5.92 Å². The number of aliphatic hydroxyl groups is 7. The van der Waals surface area contributed by atoms with E-state index in [1.165, 1.54) is 13.2 Å². The molecule has 10 atom stereocenters. The molecular weight excluding hydrogens is 352 g/mol. The fraction of sp³-hybridized carbons (Fsp3) is 0.875. The maximum absolute atomic E-state index is 11.0. The molecule has 150 valence electrons. The Bertz CT molecular complexity index is 563. The number of hydrogen-bond donors (Lipinski definition) is 7. The summed E-state index contributed by atoms with van der Waals surface area (Å²) >= 11 is 0. The fourth-order valence-corrected chi connectivity index (χ4v) is 4.13. The molecule has 0 radical (unpaired) electrons. The molecular formula is C16H26O10. The Hall–Kier alpha value is -0.820. The van der Waals surface area contributed by atoms with Crippen LogP contribution < -0.4 is 0 Å². The van der Waals surface area contributed by atoms with Crippen molar-refractivity contribution in [3.05, 3.63) is 11.8 Å². The van der Waals surface area contributed by atoms with Crippen molar-refractivity contribution >= 4 is 0 Å². The molecule has 0 spiro atoms. The highest BCUT2D eigenvalue weighted by atomic mass is 16.8. The zero-order valence-electron chi connectivity index (χ0n) is 14.5. The first-order valence-corrected chi connectivity index (χ1v) is 8.45. The quantitative estimate of drug-likeness (QED) is 0.267. The van der Waals surface area contributed by atoms with Gasteiger partial charge in [0.15, 0.2) is 6.29 Å². The topological polar surface area (TPSA) is 169 Å². The molecule has 7 N–H and O–H groups in total. The van der Waals surface area contributed by atoms with Crippen molar-refractivity contribution in [3.63, 3.8) is 0 Å². The Labute approximate surface area is 149 Å². The summed E-state index contributed by atoms with van der Waals surface area (Å²) in [5.74, 6) is -1.11. The van der Waals surface area contributed by atoms with Crippen LogP contribution in [0.1, 0.15) is 20.3 Å². The molecule has 0 aromatic carbocycles. The second-order valence-electron chi connectivity index (χ2n) is 7.52. The summed E-state index contributed by atoms with van der Waals surface area (Å²) in [5, 5.41) is 70.9. The van der Waals surface area contributed by atoms with Crippen molar-refractivity contribution in [1.29, 1.82) is 0 Å². The van der Waals surface area contributed by atoms with Crippen LogP contribution in [0.3, 0.4) is 0 Å². The normalized spacial score (nSPS) is 54.4. The van der Waals surface area contributed by atoms with Gasteiger partial charge in [-0.05, 0) is 19.4 Å². The number of rotatable bonds is 3. The maximum Gasteiger partial charge on any atom is 0.210 e. The molecule has 10 heteroatoms. The molecule has 0 aromatic heterocycles. The lowest BCUT2D eigenvalue weighted by atomic mass is 9.77. The molecule has 2 aliphatic heterocycles. The molecule has 3 rings (SSSR count). The van der Waals surface area contributed by atoms with Gasteiger partial charge >= 0.3 is 0 Å². The number of aliphatic hydroxyl groups excluding tert-OH is 5. The Balaban J connectivity index is 1.85. The first kappa shape index (κ1) is 19.9. The highest BCUT2D eigenvalue weighted by molar-refractivity contribution is 5.28. The summed E-state index contributed by atoms with van der Waals surface area (Å²) in [6.07, 6.45) is -9.04. The van der Waals surface area contributed by atoms with Crippen LogP contribution in [0, 0.1) is 5.92 Å². The smallest absolute Gasteiger partial charge is 0.210 e. The van der Waals surface area contributed by atoms with E-state index >= 15 is 0 Å². The lowest BCUT2D eigenvalue weighted by Crippen LogP contribution is -2.62. The van der Waals surface area contributed by atoms with E-state index in [0.717, 1.165) is 0 Å². The van der Waals surface area contributed by atoms with Crippen molar-refractivity contribution in [2.45, 2.75) is 74.6 Å². The van der Waals surface area contributed by atoms with Gasteiger partial charge in [-0.25, -0.2) is 0 Å². The third-order valence-corrected chi connectivity index (χ3v) is 5.66. The minimum Gasteiger partial charge on any atom is -0.472 e. The predicted molar refractivity (Wildman–Crippen MR) is 83.2 cm³/mol. The van der Waals surface area contributed by atoms with Crippen LogP contribution in [0.15, 0.2) is 11.8 Å². The van der Waals surface area contributed by atoms with Crippen LogP contribution >= 0.6 is 0 Å². The summed E-state index contributed by atoms with van der Waals surface area (Å²) in [4.78, 5) is 0. The van der Waals surface area contributed by atoms with E-state index < -0.39 is 66.8 Å². The average molecular weight is 378 g/mol. The van der Waals surface area contributed by atoms with Gasteiger partial charge in [0.05, 0.1) is 30.5 Å². The minimum atomic E-state index is -1.81. The van der Waals surface area contributed by atoms with E-state index in [2.05, 4.69) is 0 Å². The van der Waals surface area contributed by atoms with Crippen LogP contribution in [0.25, 0.3) is 0 Å². The van der Waals surface area contributed by atoms with Gasteiger partial charge in [-0.3, -0.25) is 0 Å². The molecule has 3 aliphatic rings. The summed E-state index contributed by atoms with van der Waals surface area (Å²) in [5.41, 5.74) is -3.05. The van der Waals surface area contributed by atoms with Crippen LogP contribution in [-0.4, -0.2) is 96.7 Å². The molecule has 1 saturated carbocycles. The first-order chi connectivity index (χ1) is 12.0. The predicted octanol–water partition coefficient (Wildman–Crippen LogP) is -3.07. The first-order valence-electron chi connectivity index (χ1n) is 8.45. The van der Waals surface area contributed by atoms with E-state index in [1.807, 2.05) is 0 Å². The molecule has 10 nitrogen and oxygen atoms in total. The van der Waals surface area contributed by atoms with Crippen LogP contribution in [-0.2, 0) is 14.2 Å². The SMILES string of the molecule is CC1=CO[C@H](O[C@@H]2O[C@H](CO)[C@@H](O)[C@@H](O)[C@H]2O)C2C1(O)[C@@H](O)C[C@@]2(C)O. The Morgan fingerprint density at radius 2 is 1.77 bits per heavy atom. The van der Waals surface area contributed by atoms with E-state index in [9.17, 15) is 35.7 Å². The van der Waals surface area contributed by atoms with Crippen molar-refractivity contribution < 1.29 is 50.0 Å². The van der Waals surface area contributed by atoms with Gasteiger partial charge in [-0.2, -0.15) is 0 Å². The number of fused-ring (bicyclic) bond motifs is 1. The van der Waals surface area contributed by atoms with Crippen molar-refractivity contribution in [3.8, 4) is 0 Å². The van der Waals surface area contributed by atoms with E-state index in [-0.39, 0.29) is 6.42 Å². The monoisotopic (exact) mass is 378 g/mol. The molecule has 2 fully saturated rings. The standard InChI is InChI=1S/C16H26O10/c1-6-5-24-14(12-15(2,22)3-8(18)16(6,12)23)26-13-11(21)10(20)9(19)7(4-17)25-13/h5,7-14,17-23H,3-4H2,1-2H3/t7-,8+,9-,10-,11-,12?,13+,14-,15-,16?/m1/s1. The van der Waals surface area contributed by atoms with Gasteiger partial charge in [0.2, 0.25) is 6.29 Å². The molecule has 1 saturated heterocycles. The molecule has 2 heterocycles. The third-order valence-electron chi connectivity index (χ3n) is 5.66. The number of hydrogen-bond acceptors (Lipinski definition) is 10. The zero-order valence-corrected chi connectivity index (χ0v) is 14.5. The van der Waals surface area contributed by atoms with Crippen LogP contribution in [0.5, 0.6) is 0 Å². The average Bonchev–Trinajstić information content (AvgIpc) is 2.77. The summed E-state index contributed by atoms with van der Waals surface area (Å²) < 4.78 is 16.3. The number of ether oxygens (including phenoxy) is 3. The van der Waals surface area contributed by atoms with Gasteiger partial charge in [0.1, 0.15) is 30.0 Å². The maximum atomic E-state index is 11.0. The van der Waals surface area contributed by atoms with Gasteiger partial charge < -0.3 is 50.0 Å². The lowest BCUT2D eigenvalue weighted by molar-refractivity contribution is -0.352. The molecule has 26 heavy (non-hydrogen) atoms. The summed E-state index contributed by atoms with van der Waals surface area (Å²) in [7, 11) is 0. The Morgan fingerprint density at radius 3 is 2.38 bits per heavy atom. The molecule has 2 unspecified atom stereocenters. The van der Waals surface area contributed by atoms with Gasteiger partial charge in [0, 0.05) is 6.42 Å². The zero-order chi connectivity index (χ0) is 19.4. The van der Waals surface area contributed by atoms with Crippen molar-refractivity contribution in [1.82, 2.24) is 0 Å². The van der Waals surface area contributed by atoms with Crippen LogP contribution in [0.2, 0.25) is 0 Å². The van der Waals surface area contributed by atoms with Gasteiger partial charge in [0.25, 0.3) is 0 Å². The van der Waals surface area contributed by atoms with E-state index in [4.69, 9.17) is 14.2 Å². The van der Waals surface area contributed by atoms with Crippen LogP contribution in [0.4, 0.5) is 0 Å². The Kier molecular flexibility index (Phi) is 5.10. The molecule has 1 aliphatic carbocycles. The minimum absolute atomic E-state index is 0.128. The molecule has 0 aromatic rings. The van der Waals surface area contributed by atoms with E-state index in [0.29, 0.717) is 5.57 Å². The third kappa shape index (κ3) is 2.86. The second kappa shape index (κ2) is 6.66. The highest BCUT2D eigenvalue weighted by Gasteiger charge is 2.66. The summed E-state index contributed by atoms with van der Waals surface area (Å²) in [6.45, 7) is 2.34. The van der Waals surface area contributed by atoms with Gasteiger partial charge in [-0.1, -0.05) is 0 Å². The Morgan fingerprint density at radius 1 is 1.12 bits per heavy atom. The molecule has 0 amide bonds. The highest BCUT2D eigenvalue weighted by Crippen LogP contribution is 2.52. The largest absolute Gasteiger partial charge is 0.472 e. The molecule has 0 bridgehead atoms. The van der Waals surface area contributed by atoms with E-state index in [1.54, 1.807) is 6.92 Å². The van der Waals surface area contributed by atoms with Crippen molar-refractivity contribution in [2.75, 3.05) is 6.61 Å². The van der Waals surface area contributed by atoms with Gasteiger partial charge in [-0.15, -0.1) is 0 Å². The second-order valence-corrected chi connectivity index (χ2v) is 7.52. The lowest BCUT2D eigenvalue weighted by Gasteiger charge is -2.46. The summed E-state index contributed by atoms with van der Waals surface area (Å²) in [6, 6.07) is 0. The fourth-order valence-electron chi connectivity index (χ4n) is 4.13.